The van der Waals surface area contributed by atoms with Crippen molar-refractivity contribution < 1.29 is 9.53 Å². The molecule has 1 unspecified atom stereocenters. The Morgan fingerprint density at radius 3 is 2.81 bits per heavy atom. The van der Waals surface area contributed by atoms with Crippen molar-refractivity contribution in [2.45, 2.75) is 19.9 Å². The summed E-state index contributed by atoms with van der Waals surface area (Å²) in [6.07, 6.45) is 0. The maximum absolute atomic E-state index is 11.3. The second-order valence-corrected chi connectivity index (χ2v) is 3.53. The summed E-state index contributed by atoms with van der Waals surface area (Å²) in [5, 5.41) is 9.71. The van der Waals surface area contributed by atoms with Crippen molar-refractivity contribution in [3.8, 4) is 0 Å². The van der Waals surface area contributed by atoms with Gasteiger partial charge < -0.3 is 10.1 Å². The van der Waals surface area contributed by atoms with Gasteiger partial charge >= 0.3 is 5.97 Å². The van der Waals surface area contributed by atoms with E-state index >= 15 is 0 Å². The van der Waals surface area contributed by atoms with Crippen LogP contribution in [0.1, 0.15) is 13.8 Å². The number of halogens is 2. The van der Waals surface area contributed by atoms with Crippen LogP contribution in [0.5, 0.6) is 0 Å². The first-order valence-corrected chi connectivity index (χ1v) is 5.29. The summed E-state index contributed by atoms with van der Waals surface area (Å²) in [7, 11) is 0. The fraction of sp³-hybridized carbons (Fsp3) is 0.500. The van der Waals surface area contributed by atoms with Crippen LogP contribution in [0, 0.1) is 0 Å². The molecule has 0 bridgehead atoms. The lowest BCUT2D eigenvalue weighted by Gasteiger charge is -2.13. The molecule has 0 aromatic carbocycles. The molecule has 1 N–H and O–H groups in total. The fourth-order valence-electron chi connectivity index (χ4n) is 0.916. The lowest BCUT2D eigenvalue weighted by atomic mass is 10.3. The molecule has 0 spiro atoms. The van der Waals surface area contributed by atoms with E-state index in [2.05, 4.69) is 20.5 Å². The molecule has 1 atom stereocenters. The Morgan fingerprint density at radius 2 is 2.19 bits per heavy atom. The van der Waals surface area contributed by atoms with E-state index in [-0.39, 0.29) is 16.3 Å². The zero-order valence-corrected chi connectivity index (χ0v) is 10.2. The minimum Gasteiger partial charge on any atom is -0.464 e. The molecule has 1 heterocycles. The molecule has 0 saturated heterocycles. The van der Waals surface area contributed by atoms with Gasteiger partial charge in [-0.3, -0.25) is 0 Å². The van der Waals surface area contributed by atoms with Crippen molar-refractivity contribution in [2.24, 2.45) is 0 Å². The minimum atomic E-state index is -0.592. The molecule has 16 heavy (non-hydrogen) atoms. The number of nitrogens with zero attached hydrogens (tertiary/aromatic N) is 3. The highest BCUT2D eigenvalue weighted by Gasteiger charge is 2.16. The zero-order chi connectivity index (χ0) is 12.1. The Morgan fingerprint density at radius 1 is 1.50 bits per heavy atom. The number of nitrogens with one attached hydrogen (secondary N) is 1. The lowest BCUT2D eigenvalue weighted by Crippen LogP contribution is -2.28. The topological polar surface area (TPSA) is 77.0 Å². The lowest BCUT2D eigenvalue weighted by molar-refractivity contribution is -0.143. The van der Waals surface area contributed by atoms with Gasteiger partial charge in [0.15, 0.2) is 11.0 Å². The van der Waals surface area contributed by atoms with Crippen LogP contribution in [0.25, 0.3) is 0 Å². The number of hydrogen-bond donors (Lipinski definition) is 1. The van der Waals surface area contributed by atoms with E-state index in [9.17, 15) is 4.79 Å². The van der Waals surface area contributed by atoms with E-state index in [1.54, 1.807) is 13.8 Å². The summed E-state index contributed by atoms with van der Waals surface area (Å²) in [5.74, 6) is -0.212. The Kier molecular flexibility index (Phi) is 4.70. The van der Waals surface area contributed by atoms with Crippen molar-refractivity contribution in [3.05, 3.63) is 10.4 Å². The molecule has 1 rings (SSSR count). The van der Waals surface area contributed by atoms with E-state index in [1.165, 1.54) is 0 Å². The first-order chi connectivity index (χ1) is 7.54. The van der Waals surface area contributed by atoms with Crippen molar-refractivity contribution in [3.63, 3.8) is 0 Å². The Balaban J connectivity index is 2.72. The van der Waals surface area contributed by atoms with Gasteiger partial charge in [0, 0.05) is 0 Å². The Hall–Kier alpha value is -1.14. The first-order valence-electron chi connectivity index (χ1n) is 4.53. The van der Waals surface area contributed by atoms with Crippen LogP contribution in [-0.4, -0.2) is 33.8 Å². The molecule has 0 radical (unpaired) electrons. The highest BCUT2D eigenvalue weighted by Crippen LogP contribution is 2.17. The molecule has 1 aromatic rings. The average Bonchev–Trinajstić information content (AvgIpc) is 2.23. The van der Waals surface area contributed by atoms with Crippen LogP contribution >= 0.6 is 23.2 Å². The minimum absolute atomic E-state index is 0.0422. The summed E-state index contributed by atoms with van der Waals surface area (Å²) in [5.41, 5.74) is 0. The van der Waals surface area contributed by atoms with Gasteiger partial charge in [0.1, 0.15) is 6.04 Å². The maximum Gasteiger partial charge on any atom is 0.328 e. The van der Waals surface area contributed by atoms with Gasteiger partial charge in [-0.2, -0.15) is 4.98 Å². The van der Waals surface area contributed by atoms with Crippen LogP contribution in [0.15, 0.2) is 0 Å². The number of aromatic nitrogens is 3. The van der Waals surface area contributed by atoms with E-state index in [4.69, 9.17) is 27.9 Å². The summed E-state index contributed by atoms with van der Waals surface area (Å²) in [6.45, 7) is 3.65. The van der Waals surface area contributed by atoms with Gasteiger partial charge in [-0.1, -0.05) is 11.6 Å². The molecular formula is C8H10Cl2N4O2. The van der Waals surface area contributed by atoms with Crippen LogP contribution in [0.3, 0.4) is 0 Å². The van der Waals surface area contributed by atoms with Crippen LogP contribution in [0.4, 0.5) is 5.82 Å². The second kappa shape index (κ2) is 5.81. The highest BCUT2D eigenvalue weighted by molar-refractivity contribution is 6.32. The monoisotopic (exact) mass is 264 g/mol. The largest absolute Gasteiger partial charge is 0.464 e. The fourth-order valence-corrected chi connectivity index (χ4v) is 1.17. The molecule has 0 aliphatic heterocycles. The highest BCUT2D eigenvalue weighted by atomic mass is 35.5. The number of esters is 1. The summed E-state index contributed by atoms with van der Waals surface area (Å²) >= 11 is 11.3. The smallest absolute Gasteiger partial charge is 0.328 e. The molecule has 0 fully saturated rings. The average molecular weight is 265 g/mol. The second-order valence-electron chi connectivity index (χ2n) is 2.84. The van der Waals surface area contributed by atoms with E-state index < -0.39 is 12.0 Å². The van der Waals surface area contributed by atoms with Gasteiger partial charge in [-0.15, -0.1) is 10.2 Å². The quantitative estimate of drug-likeness (QED) is 0.832. The molecule has 0 saturated carbocycles. The van der Waals surface area contributed by atoms with Gasteiger partial charge in [0.05, 0.1) is 6.61 Å². The predicted octanol–water partition coefficient (Wildman–Crippen LogP) is 1.54. The number of rotatable bonds is 4. The number of carbonyl (C=O) groups excluding carboxylic acids is 1. The van der Waals surface area contributed by atoms with Crippen molar-refractivity contribution in [1.29, 1.82) is 0 Å². The third-order valence-electron chi connectivity index (χ3n) is 1.61. The molecule has 1 aromatic heterocycles. The van der Waals surface area contributed by atoms with Gasteiger partial charge in [0.25, 0.3) is 0 Å². The Labute approximate surface area is 102 Å². The van der Waals surface area contributed by atoms with Crippen LogP contribution in [-0.2, 0) is 9.53 Å². The third-order valence-corrected chi connectivity index (χ3v) is 2.03. The molecule has 6 nitrogen and oxygen atoms in total. The maximum atomic E-state index is 11.3. The van der Waals surface area contributed by atoms with Gasteiger partial charge in [-0.05, 0) is 25.4 Å². The van der Waals surface area contributed by atoms with E-state index in [0.29, 0.717) is 6.61 Å². The first kappa shape index (κ1) is 12.9. The number of hydrogen-bond acceptors (Lipinski definition) is 6. The summed E-state index contributed by atoms with van der Waals surface area (Å²) < 4.78 is 4.80. The molecular weight excluding hydrogens is 255 g/mol. The molecule has 88 valence electrons. The molecule has 0 aliphatic carbocycles. The molecule has 0 aliphatic rings. The van der Waals surface area contributed by atoms with Gasteiger partial charge in [-0.25, -0.2) is 4.79 Å². The van der Waals surface area contributed by atoms with Crippen molar-refractivity contribution >= 4 is 35.0 Å². The normalized spacial score (nSPS) is 12.0. The van der Waals surface area contributed by atoms with E-state index in [1.807, 2.05) is 0 Å². The SMILES string of the molecule is CCOC(=O)C(C)Nc1nc(Cl)nnc1Cl. The number of ether oxygens (including phenoxy) is 1. The van der Waals surface area contributed by atoms with Gasteiger partial charge in [0.2, 0.25) is 5.28 Å². The standard InChI is InChI=1S/C8H10Cl2N4O2/c1-3-16-7(15)4(2)11-6-5(9)13-14-8(10)12-6/h4H,3H2,1-2H3,(H,11,12,14). The number of anilines is 1. The van der Waals surface area contributed by atoms with Crippen molar-refractivity contribution in [1.82, 2.24) is 15.2 Å². The number of carbonyl (C=O) groups is 1. The summed E-state index contributed by atoms with van der Waals surface area (Å²) in [4.78, 5) is 15.1. The van der Waals surface area contributed by atoms with Crippen molar-refractivity contribution in [2.75, 3.05) is 11.9 Å². The zero-order valence-electron chi connectivity index (χ0n) is 8.70. The Bertz CT molecular complexity index is 388. The third kappa shape index (κ3) is 3.46. The summed E-state index contributed by atoms with van der Waals surface area (Å²) in [6, 6.07) is -0.592. The molecule has 0 amide bonds. The van der Waals surface area contributed by atoms with Crippen LogP contribution < -0.4 is 5.32 Å². The molecule has 8 heteroatoms. The predicted molar refractivity (Wildman–Crippen MR) is 59.6 cm³/mol. The van der Waals surface area contributed by atoms with E-state index in [0.717, 1.165) is 0 Å². The van der Waals surface area contributed by atoms with Crippen LogP contribution in [0.2, 0.25) is 10.4 Å².